The molecule has 2 heterocycles. The SMILES string of the molecule is CC(C)c1nn(C)c(Cl)c1CNCC(C)(O)c1ccco1. The molecule has 0 aliphatic rings. The molecule has 0 aliphatic heterocycles. The third-order valence-corrected chi connectivity index (χ3v) is 3.94. The second kappa shape index (κ2) is 6.22. The monoisotopic (exact) mass is 311 g/mol. The summed E-state index contributed by atoms with van der Waals surface area (Å²) >= 11 is 6.29. The quantitative estimate of drug-likeness (QED) is 0.861. The van der Waals surface area contributed by atoms with Gasteiger partial charge in [0.2, 0.25) is 0 Å². The summed E-state index contributed by atoms with van der Waals surface area (Å²) in [6, 6.07) is 3.52. The van der Waals surface area contributed by atoms with Gasteiger partial charge in [-0.25, -0.2) is 0 Å². The van der Waals surface area contributed by atoms with Crippen molar-refractivity contribution in [3.8, 4) is 0 Å². The van der Waals surface area contributed by atoms with Gasteiger partial charge in [-0.15, -0.1) is 0 Å². The molecule has 5 nitrogen and oxygen atoms in total. The van der Waals surface area contributed by atoms with Crippen molar-refractivity contribution in [3.05, 3.63) is 40.6 Å². The minimum absolute atomic E-state index is 0.297. The van der Waals surface area contributed by atoms with Crippen LogP contribution in [0.5, 0.6) is 0 Å². The third-order valence-electron chi connectivity index (χ3n) is 3.47. The van der Waals surface area contributed by atoms with Crippen LogP contribution in [0.4, 0.5) is 0 Å². The standard InChI is InChI=1S/C15H22ClN3O2/c1-10(2)13-11(14(16)19(4)18-13)8-17-9-15(3,20)12-6-5-7-21-12/h5-7,10,17,20H,8-9H2,1-4H3. The molecule has 2 rings (SSSR count). The predicted octanol–water partition coefficient (Wildman–Crippen LogP) is 2.79. The molecular weight excluding hydrogens is 290 g/mol. The van der Waals surface area contributed by atoms with Gasteiger partial charge >= 0.3 is 0 Å². The van der Waals surface area contributed by atoms with Crippen molar-refractivity contribution in [2.75, 3.05) is 6.54 Å². The maximum atomic E-state index is 10.4. The average Bonchev–Trinajstić information content (AvgIpc) is 3.02. The summed E-state index contributed by atoms with van der Waals surface area (Å²) in [5.74, 6) is 0.836. The molecular formula is C15H22ClN3O2. The maximum absolute atomic E-state index is 10.4. The fraction of sp³-hybridized carbons (Fsp3) is 0.533. The minimum Gasteiger partial charge on any atom is -0.466 e. The minimum atomic E-state index is -1.06. The number of aliphatic hydroxyl groups is 1. The van der Waals surface area contributed by atoms with Crippen molar-refractivity contribution < 1.29 is 9.52 Å². The number of aryl methyl sites for hydroxylation is 1. The van der Waals surface area contributed by atoms with E-state index in [1.807, 2.05) is 7.05 Å². The van der Waals surface area contributed by atoms with E-state index in [-0.39, 0.29) is 0 Å². The van der Waals surface area contributed by atoms with E-state index in [4.69, 9.17) is 16.0 Å². The Morgan fingerprint density at radius 1 is 1.52 bits per heavy atom. The van der Waals surface area contributed by atoms with E-state index in [2.05, 4.69) is 24.3 Å². The lowest BCUT2D eigenvalue weighted by atomic mass is 10.0. The average molecular weight is 312 g/mol. The van der Waals surface area contributed by atoms with Gasteiger partial charge in [0, 0.05) is 25.7 Å². The lowest BCUT2D eigenvalue weighted by molar-refractivity contribution is 0.0340. The van der Waals surface area contributed by atoms with Gasteiger partial charge in [-0.05, 0) is 25.0 Å². The third kappa shape index (κ3) is 3.48. The molecule has 0 aliphatic carbocycles. The molecule has 1 atom stereocenters. The molecule has 0 bridgehead atoms. The molecule has 6 heteroatoms. The van der Waals surface area contributed by atoms with Gasteiger partial charge in [0.15, 0.2) is 0 Å². The van der Waals surface area contributed by atoms with Gasteiger partial charge in [-0.2, -0.15) is 5.10 Å². The fourth-order valence-electron chi connectivity index (χ4n) is 2.30. The van der Waals surface area contributed by atoms with Gasteiger partial charge in [0.05, 0.1) is 12.0 Å². The first-order chi connectivity index (χ1) is 9.83. The van der Waals surface area contributed by atoms with Crippen molar-refractivity contribution in [2.45, 2.75) is 38.8 Å². The number of halogens is 1. The molecule has 0 aromatic carbocycles. The largest absolute Gasteiger partial charge is 0.466 e. The summed E-state index contributed by atoms with van der Waals surface area (Å²) in [6.45, 7) is 6.80. The number of hydrogen-bond donors (Lipinski definition) is 2. The molecule has 2 aromatic heterocycles. The van der Waals surface area contributed by atoms with E-state index in [0.29, 0.717) is 29.9 Å². The maximum Gasteiger partial charge on any atom is 0.136 e. The van der Waals surface area contributed by atoms with E-state index in [9.17, 15) is 5.11 Å². The van der Waals surface area contributed by atoms with Crippen molar-refractivity contribution in [3.63, 3.8) is 0 Å². The summed E-state index contributed by atoms with van der Waals surface area (Å²) in [6.07, 6.45) is 1.55. The summed E-state index contributed by atoms with van der Waals surface area (Å²) in [5, 5.41) is 18.7. The molecule has 2 aromatic rings. The molecule has 116 valence electrons. The molecule has 0 spiro atoms. The second-order valence-corrected chi connectivity index (χ2v) is 6.15. The van der Waals surface area contributed by atoms with Crippen LogP contribution in [0.25, 0.3) is 0 Å². The molecule has 0 radical (unpaired) electrons. The van der Waals surface area contributed by atoms with Crippen LogP contribution in [0.2, 0.25) is 5.15 Å². The Bertz CT molecular complexity index is 588. The van der Waals surface area contributed by atoms with Crippen LogP contribution in [0.3, 0.4) is 0 Å². The first-order valence-corrected chi connectivity index (χ1v) is 7.39. The van der Waals surface area contributed by atoms with E-state index in [1.165, 1.54) is 0 Å². The first kappa shape index (κ1) is 16.1. The van der Waals surface area contributed by atoms with Crippen molar-refractivity contribution >= 4 is 11.6 Å². The number of hydrogen-bond acceptors (Lipinski definition) is 4. The Morgan fingerprint density at radius 2 is 2.24 bits per heavy atom. The summed E-state index contributed by atoms with van der Waals surface area (Å²) in [4.78, 5) is 0. The first-order valence-electron chi connectivity index (χ1n) is 7.01. The van der Waals surface area contributed by atoms with E-state index in [1.54, 1.807) is 30.0 Å². The highest BCUT2D eigenvalue weighted by atomic mass is 35.5. The van der Waals surface area contributed by atoms with Crippen molar-refractivity contribution in [1.29, 1.82) is 0 Å². The number of aromatic nitrogens is 2. The van der Waals surface area contributed by atoms with Crippen LogP contribution in [0.15, 0.2) is 22.8 Å². The normalized spacial score (nSPS) is 14.6. The van der Waals surface area contributed by atoms with Crippen LogP contribution < -0.4 is 5.32 Å². The topological polar surface area (TPSA) is 63.2 Å². The summed E-state index contributed by atoms with van der Waals surface area (Å²) in [5.41, 5.74) is 0.896. The van der Waals surface area contributed by atoms with Crippen molar-refractivity contribution in [1.82, 2.24) is 15.1 Å². The molecule has 0 saturated carbocycles. The number of rotatable bonds is 6. The number of nitrogens with one attached hydrogen (secondary N) is 1. The Kier molecular flexibility index (Phi) is 4.76. The number of nitrogens with zero attached hydrogens (tertiary/aromatic N) is 2. The van der Waals surface area contributed by atoms with Gasteiger partial charge < -0.3 is 14.8 Å². The van der Waals surface area contributed by atoms with Crippen molar-refractivity contribution in [2.24, 2.45) is 7.05 Å². The Labute approximate surface area is 129 Å². The zero-order valence-corrected chi connectivity index (χ0v) is 13.6. The van der Waals surface area contributed by atoms with Crippen LogP contribution in [0, 0.1) is 0 Å². The zero-order valence-electron chi connectivity index (χ0n) is 12.9. The van der Waals surface area contributed by atoms with Crippen LogP contribution in [-0.4, -0.2) is 21.4 Å². The molecule has 0 amide bonds. The lowest BCUT2D eigenvalue weighted by Gasteiger charge is -2.21. The highest BCUT2D eigenvalue weighted by Crippen LogP contribution is 2.25. The fourth-order valence-corrected chi connectivity index (χ4v) is 2.50. The predicted molar refractivity (Wildman–Crippen MR) is 82.3 cm³/mol. The van der Waals surface area contributed by atoms with Crippen LogP contribution in [-0.2, 0) is 19.2 Å². The molecule has 21 heavy (non-hydrogen) atoms. The summed E-state index contributed by atoms with van der Waals surface area (Å²) in [7, 11) is 1.83. The Balaban J connectivity index is 2.04. The summed E-state index contributed by atoms with van der Waals surface area (Å²) < 4.78 is 6.94. The van der Waals surface area contributed by atoms with Gasteiger partial charge in [0.1, 0.15) is 16.5 Å². The molecule has 2 N–H and O–H groups in total. The van der Waals surface area contributed by atoms with Gasteiger partial charge in [-0.1, -0.05) is 25.4 Å². The smallest absolute Gasteiger partial charge is 0.136 e. The molecule has 1 unspecified atom stereocenters. The number of furan rings is 1. The molecule has 0 fully saturated rings. The van der Waals surface area contributed by atoms with E-state index < -0.39 is 5.60 Å². The van der Waals surface area contributed by atoms with Gasteiger partial charge in [0.25, 0.3) is 0 Å². The van der Waals surface area contributed by atoms with Gasteiger partial charge in [-0.3, -0.25) is 4.68 Å². The van der Waals surface area contributed by atoms with Crippen LogP contribution in [0.1, 0.15) is 43.7 Å². The highest BCUT2D eigenvalue weighted by molar-refractivity contribution is 6.30. The second-order valence-electron chi connectivity index (χ2n) is 5.79. The Morgan fingerprint density at radius 3 is 2.81 bits per heavy atom. The van der Waals surface area contributed by atoms with Crippen LogP contribution >= 0.6 is 11.6 Å². The zero-order chi connectivity index (χ0) is 15.6. The lowest BCUT2D eigenvalue weighted by Crippen LogP contribution is -2.35. The van der Waals surface area contributed by atoms with E-state index >= 15 is 0 Å². The Hall–Kier alpha value is -1.30. The van der Waals surface area contributed by atoms with E-state index in [0.717, 1.165) is 11.3 Å². The molecule has 0 saturated heterocycles. The highest BCUT2D eigenvalue weighted by Gasteiger charge is 2.26.